The Balaban J connectivity index is 1.13. The fraction of sp³-hybridized carbons (Fsp3) is 0.750. The Morgan fingerprint density at radius 1 is 1.09 bits per heavy atom. The molecule has 1 aromatic heterocycles. The first-order chi connectivity index (χ1) is 16.2. The molecule has 182 valence electrons. The lowest BCUT2D eigenvalue weighted by Crippen LogP contribution is -2.52. The summed E-state index contributed by atoms with van der Waals surface area (Å²) < 4.78 is 15.2. The minimum Gasteiger partial charge on any atom is -0.390 e. The summed E-state index contributed by atoms with van der Waals surface area (Å²) in [6, 6.07) is 4.48. The molecule has 7 rings (SSSR count). The number of Topliss-reactive ketones (excluding diaryl/α,β-unsaturated/α-hetero) is 1. The molecule has 34 heavy (non-hydrogen) atoms. The molecule has 2 aromatic rings. The highest BCUT2D eigenvalue weighted by molar-refractivity contribution is 5.85. The average molecular weight is 466 g/mol. The van der Waals surface area contributed by atoms with Crippen molar-refractivity contribution >= 4 is 16.8 Å². The highest BCUT2D eigenvalue weighted by Crippen LogP contribution is 2.74. The highest BCUT2D eigenvalue weighted by atomic mass is 19.1. The molecule has 0 radical (unpaired) electrons. The van der Waals surface area contributed by atoms with Gasteiger partial charge in [-0.1, -0.05) is 12.1 Å². The summed E-state index contributed by atoms with van der Waals surface area (Å²) in [5, 5.41) is 18.9. The van der Waals surface area contributed by atoms with E-state index in [1.54, 1.807) is 10.7 Å². The lowest BCUT2D eigenvalue weighted by molar-refractivity contribution is -0.136. The second kappa shape index (κ2) is 7.11. The van der Waals surface area contributed by atoms with E-state index in [1.807, 2.05) is 6.92 Å². The Kier molecular flexibility index (Phi) is 4.49. The first-order valence-electron chi connectivity index (χ1n) is 13.5. The molecule has 0 saturated heterocycles. The van der Waals surface area contributed by atoms with E-state index in [0.717, 1.165) is 48.5 Å². The summed E-state index contributed by atoms with van der Waals surface area (Å²) in [6.45, 7) is 4.70. The smallest absolute Gasteiger partial charge is 0.158 e. The Morgan fingerprint density at radius 3 is 2.76 bits per heavy atom. The van der Waals surface area contributed by atoms with Gasteiger partial charge in [0.15, 0.2) is 5.78 Å². The molecule has 5 fully saturated rings. The number of carbonyl (C=O) groups is 1. The maximum Gasteiger partial charge on any atom is 0.158 e. The predicted octanol–water partition coefficient (Wildman–Crippen LogP) is 5.02. The van der Waals surface area contributed by atoms with Crippen molar-refractivity contribution in [3.63, 3.8) is 0 Å². The molecule has 0 bridgehead atoms. The maximum atomic E-state index is 13.8. The van der Waals surface area contributed by atoms with Crippen molar-refractivity contribution in [2.75, 3.05) is 0 Å². The monoisotopic (exact) mass is 465 g/mol. The van der Waals surface area contributed by atoms with Gasteiger partial charge in [-0.3, -0.25) is 4.79 Å². The second-order valence-corrected chi connectivity index (χ2v) is 13.0. The zero-order valence-electron chi connectivity index (χ0n) is 20.3. The molecule has 1 aromatic carbocycles. The molecule has 0 amide bonds. The van der Waals surface area contributed by atoms with Crippen molar-refractivity contribution in [2.45, 2.75) is 77.4 Å². The molecule has 5 nitrogen and oxygen atoms in total. The average Bonchev–Trinajstić information content (AvgIpc) is 3.35. The van der Waals surface area contributed by atoms with Crippen molar-refractivity contribution in [3.05, 3.63) is 24.0 Å². The summed E-state index contributed by atoms with van der Waals surface area (Å²) in [5.41, 5.74) is 0.871. The van der Waals surface area contributed by atoms with Gasteiger partial charge < -0.3 is 5.11 Å². The second-order valence-electron chi connectivity index (χ2n) is 13.0. The van der Waals surface area contributed by atoms with Gasteiger partial charge in [-0.05, 0) is 117 Å². The number of rotatable bonds is 3. The van der Waals surface area contributed by atoms with Crippen molar-refractivity contribution in [3.8, 4) is 0 Å². The molecule has 5 saturated carbocycles. The lowest BCUT2D eigenvalue weighted by Gasteiger charge is -2.57. The van der Waals surface area contributed by atoms with Gasteiger partial charge in [-0.15, -0.1) is 5.10 Å². The van der Waals surface area contributed by atoms with Crippen LogP contribution in [0.4, 0.5) is 4.39 Å². The van der Waals surface area contributed by atoms with Gasteiger partial charge in [-0.2, -0.15) is 0 Å². The first kappa shape index (κ1) is 21.5. The number of halogens is 1. The summed E-state index contributed by atoms with van der Waals surface area (Å²) in [5.74, 6) is 5.03. The molecule has 1 heterocycles. The molecular weight excluding hydrogens is 429 g/mol. The number of aliphatic hydroxyl groups is 1. The number of carbonyl (C=O) groups excluding carboxylic acids is 1. The number of aromatic nitrogens is 3. The van der Waals surface area contributed by atoms with Crippen LogP contribution in [0.3, 0.4) is 0 Å². The number of fused-ring (bicyclic) bond motifs is 8. The summed E-state index contributed by atoms with van der Waals surface area (Å²) in [7, 11) is 0. The standard InChI is InChI=1S/C28H36FN3O2/c1-27(34)9-7-17-15(13-27)3-5-19-18(17)8-10-28(2)25(19)20-12-21(20)26(28)24(33)14-32-23-6-4-16(29)11-22(23)30-31-32/h4,6,11,15,17-21,25-26,34H,3,5,7-10,12-14H2,1-2H3/t15-,17+,18-,19-,20-,21+,25-,26-,27-,28+/m1/s1. The van der Waals surface area contributed by atoms with Gasteiger partial charge >= 0.3 is 0 Å². The summed E-state index contributed by atoms with van der Waals surface area (Å²) in [6.07, 6.45) is 9.26. The van der Waals surface area contributed by atoms with Crippen LogP contribution < -0.4 is 0 Å². The minimum atomic E-state index is -0.471. The summed E-state index contributed by atoms with van der Waals surface area (Å²) in [4.78, 5) is 13.8. The van der Waals surface area contributed by atoms with Crippen LogP contribution in [0, 0.1) is 58.6 Å². The Morgan fingerprint density at radius 2 is 1.91 bits per heavy atom. The van der Waals surface area contributed by atoms with E-state index in [9.17, 15) is 14.3 Å². The van der Waals surface area contributed by atoms with E-state index < -0.39 is 5.60 Å². The van der Waals surface area contributed by atoms with Gasteiger partial charge in [0.2, 0.25) is 0 Å². The lowest BCUT2D eigenvalue weighted by atomic mass is 9.48. The number of nitrogens with zero attached hydrogens (tertiary/aromatic N) is 3. The van der Waals surface area contributed by atoms with Crippen molar-refractivity contribution < 1.29 is 14.3 Å². The molecule has 6 heteroatoms. The highest BCUT2D eigenvalue weighted by Gasteiger charge is 2.70. The topological polar surface area (TPSA) is 68.0 Å². The molecule has 5 aliphatic rings. The van der Waals surface area contributed by atoms with Crippen molar-refractivity contribution in [1.29, 1.82) is 0 Å². The number of hydrogen-bond acceptors (Lipinski definition) is 4. The normalized spacial score (nSPS) is 46.9. The van der Waals surface area contributed by atoms with Crippen molar-refractivity contribution in [2.24, 2.45) is 52.8 Å². The van der Waals surface area contributed by atoms with Crippen LogP contribution in [0.25, 0.3) is 11.0 Å². The van der Waals surface area contributed by atoms with Crippen LogP contribution >= 0.6 is 0 Å². The van der Waals surface area contributed by atoms with Gasteiger partial charge in [0.05, 0.1) is 11.1 Å². The van der Waals surface area contributed by atoms with Gasteiger partial charge in [0.25, 0.3) is 0 Å². The molecule has 1 N–H and O–H groups in total. The molecule has 0 aliphatic heterocycles. The Labute approximate surface area is 200 Å². The third-order valence-electron chi connectivity index (χ3n) is 11.2. The number of ketones is 1. The van der Waals surface area contributed by atoms with E-state index in [0.29, 0.717) is 29.1 Å². The SMILES string of the molecule is C[C@@]1(O)CC[C@H]2[C@H](CC[C@@H]3[C@@H]2CC[C@@]2(C)[C@H]3[C@@H]3C[C@@H]3[C@@H]2C(=O)Cn2nnc3cc(F)ccc32)C1. The number of hydrogen-bond donors (Lipinski definition) is 1. The van der Waals surface area contributed by atoms with Crippen LogP contribution in [0.2, 0.25) is 0 Å². The van der Waals surface area contributed by atoms with Gasteiger partial charge in [0.1, 0.15) is 17.9 Å². The van der Waals surface area contributed by atoms with Crippen LogP contribution in [0.15, 0.2) is 18.2 Å². The zero-order chi connectivity index (χ0) is 23.4. The third-order valence-corrected chi connectivity index (χ3v) is 11.2. The van der Waals surface area contributed by atoms with E-state index in [4.69, 9.17) is 0 Å². The third kappa shape index (κ3) is 3.02. The largest absolute Gasteiger partial charge is 0.390 e. The van der Waals surface area contributed by atoms with Gasteiger partial charge in [-0.25, -0.2) is 9.07 Å². The number of benzene rings is 1. The van der Waals surface area contributed by atoms with E-state index in [2.05, 4.69) is 17.2 Å². The molecule has 5 aliphatic carbocycles. The van der Waals surface area contributed by atoms with E-state index in [-0.39, 0.29) is 23.7 Å². The molecule has 0 spiro atoms. The fourth-order valence-corrected chi connectivity index (χ4v) is 9.96. The van der Waals surface area contributed by atoms with Crippen LogP contribution in [-0.4, -0.2) is 31.5 Å². The van der Waals surface area contributed by atoms with Crippen molar-refractivity contribution in [1.82, 2.24) is 15.0 Å². The molecule has 0 unspecified atom stereocenters. The Bertz CT molecular complexity index is 1160. The zero-order valence-corrected chi connectivity index (χ0v) is 20.3. The fourth-order valence-electron chi connectivity index (χ4n) is 9.96. The van der Waals surface area contributed by atoms with Gasteiger partial charge in [0, 0.05) is 12.0 Å². The predicted molar refractivity (Wildman–Crippen MR) is 126 cm³/mol. The summed E-state index contributed by atoms with van der Waals surface area (Å²) >= 11 is 0. The molecule has 10 atom stereocenters. The quantitative estimate of drug-likeness (QED) is 0.692. The van der Waals surface area contributed by atoms with Crippen LogP contribution in [-0.2, 0) is 11.3 Å². The van der Waals surface area contributed by atoms with E-state index in [1.165, 1.54) is 44.2 Å². The van der Waals surface area contributed by atoms with E-state index >= 15 is 0 Å². The van der Waals surface area contributed by atoms with Crippen LogP contribution in [0.5, 0.6) is 0 Å². The minimum absolute atomic E-state index is 0.0985. The first-order valence-corrected chi connectivity index (χ1v) is 13.5. The maximum absolute atomic E-state index is 13.8. The van der Waals surface area contributed by atoms with Crippen LogP contribution in [0.1, 0.15) is 65.2 Å². The Hall–Kier alpha value is -1.82. The molecular formula is C28H36FN3O2.